The number of phenolic OH excluding ortho intramolecular Hbond substituents is 1. The number of nitrogens with zero attached hydrogens (tertiary/aromatic N) is 3. The molecule has 0 aliphatic carbocycles. The Bertz CT molecular complexity index is 833. The zero-order valence-corrected chi connectivity index (χ0v) is 13.3. The van der Waals surface area contributed by atoms with Crippen molar-refractivity contribution in [3.63, 3.8) is 0 Å². The number of aromatic nitrogens is 3. The normalized spacial score (nSPS) is 11.3. The molecular formula is C15H16N4O2S. The van der Waals surface area contributed by atoms with Crippen LogP contribution in [-0.4, -0.2) is 25.6 Å². The third-order valence-corrected chi connectivity index (χ3v) is 4.50. The van der Waals surface area contributed by atoms with Gasteiger partial charge in [-0.15, -0.1) is 10.2 Å². The molecule has 0 fully saturated rings. The molecule has 0 saturated heterocycles. The highest BCUT2D eigenvalue weighted by Crippen LogP contribution is 2.26. The molecule has 0 unspecified atom stereocenters. The summed E-state index contributed by atoms with van der Waals surface area (Å²) in [4.78, 5) is 13.8. The average Bonchev–Trinajstić information content (AvgIpc) is 3.02. The fourth-order valence-electron chi connectivity index (χ4n) is 2.25. The number of carbonyl (C=O) groups excluding carboxylic acids is 1. The Labute approximate surface area is 131 Å². The van der Waals surface area contributed by atoms with E-state index in [1.165, 1.54) is 23.5 Å². The number of thiazole rings is 1. The summed E-state index contributed by atoms with van der Waals surface area (Å²) in [5.74, 6) is 1.06. The molecule has 1 amide bonds. The van der Waals surface area contributed by atoms with Crippen molar-refractivity contribution < 1.29 is 9.90 Å². The summed E-state index contributed by atoms with van der Waals surface area (Å²) in [5, 5.41) is 20.4. The maximum absolute atomic E-state index is 12.4. The second-order valence-electron chi connectivity index (χ2n) is 5.35. The number of benzene rings is 1. The Morgan fingerprint density at radius 3 is 2.59 bits per heavy atom. The topological polar surface area (TPSA) is 79.5 Å². The maximum Gasteiger partial charge on any atom is 0.267 e. The molecule has 0 radical (unpaired) electrons. The van der Waals surface area contributed by atoms with Crippen LogP contribution in [0.2, 0.25) is 0 Å². The fourth-order valence-corrected chi connectivity index (χ4v) is 3.22. The van der Waals surface area contributed by atoms with E-state index >= 15 is 0 Å². The fraction of sp³-hybridized carbons (Fsp3) is 0.267. The molecule has 2 heterocycles. The molecule has 1 aromatic carbocycles. The minimum absolute atomic E-state index is 0.163. The van der Waals surface area contributed by atoms with Gasteiger partial charge in [0.05, 0.1) is 0 Å². The van der Waals surface area contributed by atoms with Gasteiger partial charge < -0.3 is 10.4 Å². The van der Waals surface area contributed by atoms with E-state index in [9.17, 15) is 9.90 Å². The van der Waals surface area contributed by atoms with Crippen LogP contribution < -0.4 is 5.32 Å². The van der Waals surface area contributed by atoms with E-state index in [0.717, 1.165) is 16.5 Å². The summed E-state index contributed by atoms with van der Waals surface area (Å²) in [6, 6.07) is 6.37. The van der Waals surface area contributed by atoms with Crippen LogP contribution in [0.1, 0.15) is 41.0 Å². The van der Waals surface area contributed by atoms with Gasteiger partial charge in [-0.05, 0) is 31.2 Å². The molecule has 2 N–H and O–H groups in total. The predicted molar refractivity (Wildman–Crippen MR) is 85.8 cm³/mol. The molecule has 22 heavy (non-hydrogen) atoms. The first-order chi connectivity index (χ1) is 10.5. The summed E-state index contributed by atoms with van der Waals surface area (Å²) < 4.78 is 1.93. The summed E-state index contributed by atoms with van der Waals surface area (Å²) in [7, 11) is 0. The third-order valence-electron chi connectivity index (χ3n) is 3.36. The van der Waals surface area contributed by atoms with Crippen LogP contribution in [0.3, 0.4) is 0 Å². The smallest absolute Gasteiger partial charge is 0.267 e. The van der Waals surface area contributed by atoms with Crippen molar-refractivity contribution in [3.05, 3.63) is 40.7 Å². The lowest BCUT2D eigenvalue weighted by atomic mass is 10.2. The Kier molecular flexibility index (Phi) is 3.58. The number of amides is 1. The summed E-state index contributed by atoms with van der Waals surface area (Å²) >= 11 is 1.32. The van der Waals surface area contributed by atoms with Crippen LogP contribution in [0, 0.1) is 6.92 Å². The molecule has 0 aliphatic heterocycles. The zero-order chi connectivity index (χ0) is 15.9. The van der Waals surface area contributed by atoms with E-state index in [-0.39, 0.29) is 17.6 Å². The molecule has 0 saturated carbocycles. The highest BCUT2D eigenvalue weighted by atomic mass is 32.1. The average molecular weight is 316 g/mol. The second-order valence-corrected chi connectivity index (χ2v) is 6.33. The summed E-state index contributed by atoms with van der Waals surface area (Å²) in [6.07, 6.45) is 0. The van der Waals surface area contributed by atoms with Gasteiger partial charge >= 0.3 is 0 Å². The van der Waals surface area contributed by atoms with E-state index in [2.05, 4.69) is 15.5 Å². The van der Waals surface area contributed by atoms with Gasteiger partial charge in [0, 0.05) is 17.3 Å². The summed E-state index contributed by atoms with van der Waals surface area (Å²) in [5.41, 5.74) is 1.47. The van der Waals surface area contributed by atoms with Gasteiger partial charge in [0.15, 0.2) is 0 Å². The van der Waals surface area contributed by atoms with Crippen molar-refractivity contribution in [1.29, 1.82) is 0 Å². The standard InChI is InChI=1S/C15H16N4O2S/c1-8(2)13-17-18-15-19(13)9(3)12(22-15)14(21)16-10-4-6-11(20)7-5-10/h4-8,20H,1-3H3,(H,16,21). The zero-order valence-electron chi connectivity index (χ0n) is 12.5. The van der Waals surface area contributed by atoms with Crippen molar-refractivity contribution in [3.8, 4) is 5.75 Å². The van der Waals surface area contributed by atoms with Crippen LogP contribution in [0.4, 0.5) is 5.69 Å². The van der Waals surface area contributed by atoms with Gasteiger partial charge in [-0.2, -0.15) is 0 Å². The number of aromatic hydroxyl groups is 1. The molecule has 7 heteroatoms. The quantitative estimate of drug-likeness (QED) is 0.727. The Morgan fingerprint density at radius 2 is 1.95 bits per heavy atom. The lowest BCUT2D eigenvalue weighted by Gasteiger charge is -2.05. The van der Waals surface area contributed by atoms with E-state index < -0.39 is 0 Å². The monoisotopic (exact) mass is 316 g/mol. The van der Waals surface area contributed by atoms with Crippen LogP contribution in [-0.2, 0) is 0 Å². The Morgan fingerprint density at radius 1 is 1.27 bits per heavy atom. The van der Waals surface area contributed by atoms with E-state index in [4.69, 9.17) is 0 Å². The molecule has 114 valence electrons. The van der Waals surface area contributed by atoms with Crippen LogP contribution in [0.5, 0.6) is 5.75 Å². The molecule has 0 aliphatic rings. The minimum Gasteiger partial charge on any atom is -0.508 e. The molecule has 0 atom stereocenters. The largest absolute Gasteiger partial charge is 0.508 e. The van der Waals surface area contributed by atoms with Gasteiger partial charge in [0.1, 0.15) is 16.5 Å². The van der Waals surface area contributed by atoms with Crippen molar-refractivity contribution in [2.75, 3.05) is 5.32 Å². The lowest BCUT2D eigenvalue weighted by Crippen LogP contribution is -2.12. The first kappa shape index (κ1) is 14.5. The first-order valence-corrected chi connectivity index (χ1v) is 7.74. The maximum atomic E-state index is 12.4. The number of nitrogens with one attached hydrogen (secondary N) is 1. The van der Waals surface area contributed by atoms with Gasteiger partial charge in [-0.3, -0.25) is 9.20 Å². The molecule has 3 aromatic rings. The Hall–Kier alpha value is -2.41. The molecular weight excluding hydrogens is 300 g/mol. The number of aryl methyl sites for hydroxylation is 1. The number of rotatable bonds is 3. The highest BCUT2D eigenvalue weighted by molar-refractivity contribution is 7.19. The molecule has 3 rings (SSSR count). The van der Waals surface area contributed by atoms with Crippen molar-refractivity contribution in [2.45, 2.75) is 26.7 Å². The highest BCUT2D eigenvalue weighted by Gasteiger charge is 2.21. The molecule has 2 aromatic heterocycles. The van der Waals surface area contributed by atoms with Gasteiger partial charge in [0.25, 0.3) is 5.91 Å². The number of carbonyl (C=O) groups is 1. The van der Waals surface area contributed by atoms with Crippen LogP contribution in [0.15, 0.2) is 24.3 Å². The number of fused-ring (bicyclic) bond motifs is 1. The summed E-state index contributed by atoms with van der Waals surface area (Å²) in [6.45, 7) is 5.98. The molecule has 6 nitrogen and oxygen atoms in total. The Balaban J connectivity index is 1.94. The third kappa shape index (κ3) is 2.43. The first-order valence-electron chi connectivity index (χ1n) is 6.92. The number of hydrogen-bond donors (Lipinski definition) is 2. The number of anilines is 1. The van der Waals surface area contributed by atoms with Crippen molar-refractivity contribution >= 4 is 27.9 Å². The van der Waals surface area contributed by atoms with Gasteiger partial charge in [-0.25, -0.2) is 0 Å². The lowest BCUT2D eigenvalue weighted by molar-refractivity contribution is 0.102. The van der Waals surface area contributed by atoms with Gasteiger partial charge in [-0.1, -0.05) is 25.2 Å². The number of phenols is 1. The van der Waals surface area contributed by atoms with Crippen LogP contribution >= 0.6 is 11.3 Å². The van der Waals surface area contributed by atoms with E-state index in [1.54, 1.807) is 12.1 Å². The molecule has 0 spiro atoms. The van der Waals surface area contributed by atoms with Gasteiger partial charge in [0.2, 0.25) is 4.96 Å². The predicted octanol–water partition coefficient (Wildman–Crippen LogP) is 3.18. The number of hydrogen-bond acceptors (Lipinski definition) is 5. The van der Waals surface area contributed by atoms with E-state index in [1.807, 2.05) is 25.2 Å². The van der Waals surface area contributed by atoms with Crippen LogP contribution in [0.25, 0.3) is 4.96 Å². The van der Waals surface area contributed by atoms with Crippen molar-refractivity contribution in [2.24, 2.45) is 0 Å². The second kappa shape index (κ2) is 5.42. The SMILES string of the molecule is Cc1c(C(=O)Nc2ccc(O)cc2)sc2nnc(C(C)C)n12. The van der Waals surface area contributed by atoms with E-state index in [0.29, 0.717) is 10.6 Å². The molecule has 0 bridgehead atoms. The van der Waals surface area contributed by atoms with Crippen molar-refractivity contribution in [1.82, 2.24) is 14.6 Å². The minimum atomic E-state index is -0.187.